The Morgan fingerprint density at radius 3 is 2.27 bits per heavy atom. The number of urea groups is 1. The topological polar surface area (TPSA) is 61.4 Å². The first kappa shape index (κ1) is 20.2. The number of carbonyl (C=O) groups excluding carboxylic acids is 1. The van der Waals surface area contributed by atoms with Crippen molar-refractivity contribution in [3.05, 3.63) is 70.7 Å². The van der Waals surface area contributed by atoms with Crippen molar-refractivity contribution in [2.45, 2.75) is 13.8 Å². The Balaban J connectivity index is 1.36. The monoisotopic (exact) mass is 421 g/mol. The van der Waals surface area contributed by atoms with E-state index in [1.165, 1.54) is 0 Å². The van der Waals surface area contributed by atoms with Crippen LogP contribution in [0.1, 0.15) is 11.1 Å². The molecule has 30 heavy (non-hydrogen) atoms. The van der Waals surface area contributed by atoms with Crippen molar-refractivity contribution >= 4 is 29.1 Å². The first-order chi connectivity index (χ1) is 14.5. The third-order valence-electron chi connectivity index (χ3n) is 5.16. The highest BCUT2D eigenvalue weighted by Crippen LogP contribution is 2.26. The van der Waals surface area contributed by atoms with Gasteiger partial charge in [0.05, 0.1) is 10.7 Å². The molecule has 2 amide bonds. The molecule has 6 nitrogen and oxygen atoms in total. The minimum Gasteiger partial charge on any atom is -0.352 e. The maximum Gasteiger partial charge on any atom is 0.321 e. The number of amides is 2. The van der Waals surface area contributed by atoms with Crippen LogP contribution in [0, 0.1) is 13.8 Å². The fourth-order valence-electron chi connectivity index (χ4n) is 3.69. The van der Waals surface area contributed by atoms with Gasteiger partial charge >= 0.3 is 6.03 Å². The molecule has 1 fully saturated rings. The van der Waals surface area contributed by atoms with Crippen LogP contribution in [0.25, 0.3) is 11.3 Å². The molecule has 0 bridgehead atoms. The van der Waals surface area contributed by atoms with Gasteiger partial charge in [0.15, 0.2) is 5.82 Å². The lowest BCUT2D eigenvalue weighted by Crippen LogP contribution is -2.50. The Morgan fingerprint density at radius 1 is 0.933 bits per heavy atom. The van der Waals surface area contributed by atoms with Crippen LogP contribution in [0.2, 0.25) is 5.02 Å². The zero-order valence-electron chi connectivity index (χ0n) is 17.1. The average Bonchev–Trinajstić information content (AvgIpc) is 2.74. The lowest BCUT2D eigenvalue weighted by Gasteiger charge is -2.35. The van der Waals surface area contributed by atoms with E-state index in [1.54, 1.807) is 0 Å². The summed E-state index contributed by atoms with van der Waals surface area (Å²) in [4.78, 5) is 16.6. The highest BCUT2D eigenvalue weighted by molar-refractivity contribution is 6.33. The summed E-state index contributed by atoms with van der Waals surface area (Å²) >= 11 is 6.25. The van der Waals surface area contributed by atoms with Gasteiger partial charge in [0, 0.05) is 37.4 Å². The van der Waals surface area contributed by atoms with E-state index in [1.807, 2.05) is 67.3 Å². The van der Waals surface area contributed by atoms with Crippen LogP contribution in [0.4, 0.5) is 16.3 Å². The number of hydrogen-bond acceptors (Lipinski definition) is 4. The highest BCUT2D eigenvalue weighted by atomic mass is 35.5. The molecule has 1 saturated heterocycles. The molecular weight excluding hydrogens is 398 g/mol. The number of aryl methyl sites for hydroxylation is 2. The lowest BCUT2D eigenvalue weighted by atomic mass is 10.1. The SMILES string of the molecule is Cc1cc(C)cc(NC(=O)N2CCN(c3ccc(-c4ccccc4Cl)nn3)CC2)c1. The fourth-order valence-corrected chi connectivity index (χ4v) is 3.93. The van der Waals surface area contributed by atoms with E-state index in [0.29, 0.717) is 31.2 Å². The minimum absolute atomic E-state index is 0.0696. The van der Waals surface area contributed by atoms with E-state index >= 15 is 0 Å². The molecule has 1 aliphatic rings. The molecule has 154 valence electrons. The molecule has 0 radical (unpaired) electrons. The number of carbonyl (C=O) groups is 1. The number of rotatable bonds is 3. The second kappa shape index (κ2) is 8.71. The molecule has 1 N–H and O–H groups in total. The van der Waals surface area contributed by atoms with Crippen molar-refractivity contribution in [1.82, 2.24) is 15.1 Å². The molecular formula is C23H24ClN5O. The van der Waals surface area contributed by atoms with Gasteiger partial charge in [-0.15, -0.1) is 10.2 Å². The molecule has 0 atom stereocenters. The third kappa shape index (κ3) is 4.54. The van der Waals surface area contributed by atoms with E-state index in [0.717, 1.165) is 33.9 Å². The minimum atomic E-state index is -0.0696. The molecule has 0 unspecified atom stereocenters. The summed E-state index contributed by atoms with van der Waals surface area (Å²) in [6.07, 6.45) is 0. The summed E-state index contributed by atoms with van der Waals surface area (Å²) in [6.45, 7) is 6.73. The quantitative estimate of drug-likeness (QED) is 0.661. The van der Waals surface area contributed by atoms with Crippen molar-refractivity contribution in [2.75, 3.05) is 36.4 Å². The molecule has 7 heteroatoms. The molecule has 2 aromatic carbocycles. The first-order valence-corrected chi connectivity index (χ1v) is 10.4. The second-order valence-electron chi connectivity index (χ2n) is 7.54. The summed E-state index contributed by atoms with van der Waals surface area (Å²) in [6, 6.07) is 17.5. The Morgan fingerprint density at radius 2 is 1.63 bits per heavy atom. The van der Waals surface area contributed by atoms with Gasteiger partial charge in [0.25, 0.3) is 0 Å². The number of aromatic nitrogens is 2. The van der Waals surface area contributed by atoms with Crippen molar-refractivity contribution in [3.8, 4) is 11.3 Å². The predicted octanol–water partition coefficient (Wildman–Crippen LogP) is 4.77. The Hall–Kier alpha value is -3.12. The van der Waals surface area contributed by atoms with Gasteiger partial charge in [0.2, 0.25) is 0 Å². The molecule has 0 aliphatic carbocycles. The van der Waals surface area contributed by atoms with Crippen LogP contribution in [-0.4, -0.2) is 47.3 Å². The summed E-state index contributed by atoms with van der Waals surface area (Å²) in [5.41, 5.74) is 4.71. The number of hydrogen-bond donors (Lipinski definition) is 1. The molecule has 0 saturated carbocycles. The average molecular weight is 422 g/mol. The number of nitrogens with one attached hydrogen (secondary N) is 1. The highest BCUT2D eigenvalue weighted by Gasteiger charge is 2.22. The standard InChI is InChI=1S/C23H24ClN5O/c1-16-13-17(2)15-18(14-16)25-23(30)29-11-9-28(10-12-29)22-8-7-21(26-27-22)19-5-3-4-6-20(19)24/h3-8,13-15H,9-12H2,1-2H3,(H,25,30). The molecule has 3 aromatic rings. The molecule has 1 aliphatic heterocycles. The third-order valence-corrected chi connectivity index (χ3v) is 5.49. The number of benzene rings is 2. The zero-order chi connectivity index (χ0) is 21.1. The van der Waals surface area contributed by atoms with Crippen LogP contribution in [0.5, 0.6) is 0 Å². The van der Waals surface area contributed by atoms with Crippen molar-refractivity contribution in [1.29, 1.82) is 0 Å². The van der Waals surface area contributed by atoms with E-state index in [4.69, 9.17) is 11.6 Å². The summed E-state index contributed by atoms with van der Waals surface area (Å²) in [7, 11) is 0. The number of nitrogens with zero attached hydrogens (tertiary/aromatic N) is 4. The molecule has 2 heterocycles. The summed E-state index contributed by atoms with van der Waals surface area (Å²) < 4.78 is 0. The van der Waals surface area contributed by atoms with Crippen LogP contribution in [0.3, 0.4) is 0 Å². The first-order valence-electron chi connectivity index (χ1n) is 9.97. The van der Waals surface area contributed by atoms with Gasteiger partial charge in [-0.2, -0.15) is 0 Å². The van der Waals surface area contributed by atoms with Gasteiger partial charge in [-0.25, -0.2) is 4.79 Å². The maximum atomic E-state index is 12.6. The van der Waals surface area contributed by atoms with Gasteiger partial charge in [-0.05, 0) is 55.3 Å². The van der Waals surface area contributed by atoms with Gasteiger partial charge in [-0.1, -0.05) is 35.9 Å². The van der Waals surface area contributed by atoms with Crippen LogP contribution in [0.15, 0.2) is 54.6 Å². The van der Waals surface area contributed by atoms with Gasteiger partial charge < -0.3 is 15.1 Å². The van der Waals surface area contributed by atoms with E-state index in [2.05, 4.69) is 26.5 Å². The number of halogens is 1. The molecule has 4 rings (SSSR count). The Bertz CT molecular complexity index is 1030. The Labute approximate surface area is 181 Å². The van der Waals surface area contributed by atoms with Crippen LogP contribution in [-0.2, 0) is 0 Å². The largest absolute Gasteiger partial charge is 0.352 e. The van der Waals surface area contributed by atoms with Crippen molar-refractivity contribution < 1.29 is 4.79 Å². The van der Waals surface area contributed by atoms with Gasteiger partial charge in [0.1, 0.15) is 0 Å². The second-order valence-corrected chi connectivity index (χ2v) is 7.94. The summed E-state index contributed by atoms with van der Waals surface area (Å²) in [5.74, 6) is 0.806. The van der Waals surface area contributed by atoms with E-state index < -0.39 is 0 Å². The smallest absolute Gasteiger partial charge is 0.321 e. The van der Waals surface area contributed by atoms with Gasteiger partial charge in [-0.3, -0.25) is 0 Å². The fraction of sp³-hybridized carbons (Fsp3) is 0.261. The predicted molar refractivity (Wildman–Crippen MR) is 121 cm³/mol. The Kier molecular flexibility index (Phi) is 5.86. The van der Waals surface area contributed by atoms with Crippen LogP contribution >= 0.6 is 11.6 Å². The van der Waals surface area contributed by atoms with Crippen molar-refractivity contribution in [2.24, 2.45) is 0 Å². The summed E-state index contributed by atoms with van der Waals surface area (Å²) in [5, 5.41) is 12.4. The number of anilines is 2. The molecule has 0 spiro atoms. The zero-order valence-corrected chi connectivity index (χ0v) is 17.9. The lowest BCUT2D eigenvalue weighted by molar-refractivity contribution is 0.208. The van der Waals surface area contributed by atoms with E-state index in [-0.39, 0.29) is 6.03 Å². The molecule has 1 aromatic heterocycles. The maximum absolute atomic E-state index is 12.6. The van der Waals surface area contributed by atoms with E-state index in [9.17, 15) is 4.79 Å². The normalized spacial score (nSPS) is 14.0. The van der Waals surface area contributed by atoms with Crippen LogP contribution < -0.4 is 10.2 Å². The number of piperazine rings is 1. The van der Waals surface area contributed by atoms with Crippen molar-refractivity contribution in [3.63, 3.8) is 0 Å².